The lowest BCUT2D eigenvalue weighted by Gasteiger charge is -2.14. The molecule has 4 aromatic carbocycles. The zero-order valence-corrected chi connectivity index (χ0v) is 19.1. The molecule has 1 N–H and O–H groups in total. The van der Waals surface area contributed by atoms with Gasteiger partial charge in [-0.2, -0.15) is 0 Å². The number of ether oxygens (including phenoxy) is 1. The summed E-state index contributed by atoms with van der Waals surface area (Å²) in [6.07, 6.45) is 1.57. The van der Waals surface area contributed by atoms with Gasteiger partial charge in [-0.05, 0) is 52.7 Å². The number of rotatable bonds is 5. The summed E-state index contributed by atoms with van der Waals surface area (Å²) in [5.74, 6) is -0.285. The van der Waals surface area contributed by atoms with E-state index < -0.39 is 11.8 Å². The second-order valence-electron chi connectivity index (χ2n) is 7.58. The fourth-order valence-corrected chi connectivity index (χ4v) is 4.19. The maximum Gasteiger partial charge on any atom is 0.282 e. The minimum Gasteiger partial charge on any atom is -0.488 e. The van der Waals surface area contributed by atoms with Crippen LogP contribution in [0, 0.1) is 0 Å². The molecule has 6 heteroatoms. The number of hydrogen-bond donors (Lipinski definition) is 1. The van der Waals surface area contributed by atoms with E-state index in [0.29, 0.717) is 23.6 Å². The molecule has 0 aromatic heterocycles. The van der Waals surface area contributed by atoms with E-state index >= 15 is 0 Å². The van der Waals surface area contributed by atoms with Crippen LogP contribution in [-0.4, -0.2) is 11.8 Å². The number of carbonyl (C=O) groups is 2. The molecule has 162 valence electrons. The first-order chi connectivity index (χ1) is 16.1. The number of para-hydroxylation sites is 1. The molecule has 0 bridgehead atoms. The lowest BCUT2D eigenvalue weighted by Crippen LogP contribution is -2.35. The van der Waals surface area contributed by atoms with Crippen LogP contribution in [0.2, 0.25) is 0 Å². The number of amides is 2. The van der Waals surface area contributed by atoms with E-state index in [4.69, 9.17) is 4.74 Å². The largest absolute Gasteiger partial charge is 0.488 e. The first-order valence-corrected chi connectivity index (χ1v) is 11.2. The van der Waals surface area contributed by atoms with E-state index in [1.807, 2.05) is 60.7 Å². The molecule has 1 fully saturated rings. The highest BCUT2D eigenvalue weighted by molar-refractivity contribution is 9.10. The van der Waals surface area contributed by atoms with Crippen LogP contribution in [0.1, 0.15) is 11.1 Å². The summed E-state index contributed by atoms with van der Waals surface area (Å²) in [7, 11) is 0. The summed E-state index contributed by atoms with van der Waals surface area (Å²) < 4.78 is 6.97. The first-order valence-electron chi connectivity index (χ1n) is 10.4. The smallest absolute Gasteiger partial charge is 0.282 e. The highest BCUT2D eigenvalue weighted by Crippen LogP contribution is 2.29. The predicted molar refractivity (Wildman–Crippen MR) is 132 cm³/mol. The van der Waals surface area contributed by atoms with Crippen molar-refractivity contribution in [1.29, 1.82) is 0 Å². The summed E-state index contributed by atoms with van der Waals surface area (Å²) in [6, 6.07) is 28.8. The number of anilines is 1. The molecule has 1 aliphatic heterocycles. The Morgan fingerprint density at radius 3 is 2.48 bits per heavy atom. The van der Waals surface area contributed by atoms with Crippen LogP contribution in [0.3, 0.4) is 0 Å². The molecular formula is C27H19BrN2O3. The minimum atomic E-state index is -0.455. The molecule has 33 heavy (non-hydrogen) atoms. The van der Waals surface area contributed by atoms with Crippen molar-refractivity contribution in [2.45, 2.75) is 6.61 Å². The molecule has 4 aromatic rings. The Morgan fingerprint density at radius 1 is 0.879 bits per heavy atom. The monoisotopic (exact) mass is 498 g/mol. The molecule has 5 rings (SSSR count). The van der Waals surface area contributed by atoms with Gasteiger partial charge in [0.25, 0.3) is 11.8 Å². The summed E-state index contributed by atoms with van der Waals surface area (Å²) in [5, 5.41) is 3.52. The molecule has 0 atom stereocenters. The third-order valence-electron chi connectivity index (χ3n) is 5.44. The second kappa shape index (κ2) is 8.92. The van der Waals surface area contributed by atoms with Crippen LogP contribution < -0.4 is 15.2 Å². The Morgan fingerprint density at radius 2 is 1.64 bits per heavy atom. The maximum atomic E-state index is 13.0. The van der Waals surface area contributed by atoms with Gasteiger partial charge in [0, 0.05) is 10.0 Å². The zero-order chi connectivity index (χ0) is 22.8. The number of nitrogens with zero attached hydrogens (tertiary/aromatic N) is 1. The van der Waals surface area contributed by atoms with Crippen molar-refractivity contribution < 1.29 is 14.3 Å². The Bertz CT molecular complexity index is 1390. The Hall–Kier alpha value is -3.90. The van der Waals surface area contributed by atoms with Gasteiger partial charge in [-0.25, -0.2) is 5.01 Å². The van der Waals surface area contributed by atoms with E-state index in [0.717, 1.165) is 20.8 Å². The number of carbonyl (C=O) groups excluding carboxylic acids is 2. The lowest BCUT2D eigenvalue weighted by atomic mass is 10.1. The summed E-state index contributed by atoms with van der Waals surface area (Å²) in [4.78, 5) is 25.6. The van der Waals surface area contributed by atoms with Crippen LogP contribution in [0.25, 0.3) is 16.8 Å². The Balaban J connectivity index is 1.45. The van der Waals surface area contributed by atoms with Crippen molar-refractivity contribution in [3.8, 4) is 5.75 Å². The predicted octanol–water partition coefficient (Wildman–Crippen LogP) is 5.64. The van der Waals surface area contributed by atoms with E-state index in [1.165, 1.54) is 5.01 Å². The van der Waals surface area contributed by atoms with Crippen LogP contribution in [0.5, 0.6) is 5.75 Å². The van der Waals surface area contributed by atoms with Crippen molar-refractivity contribution in [2.24, 2.45) is 0 Å². The van der Waals surface area contributed by atoms with E-state index in [1.54, 1.807) is 18.2 Å². The van der Waals surface area contributed by atoms with Crippen LogP contribution in [0.4, 0.5) is 5.69 Å². The Labute approximate surface area is 199 Å². The molecular weight excluding hydrogens is 480 g/mol. The number of nitrogens with one attached hydrogen (secondary N) is 1. The van der Waals surface area contributed by atoms with Crippen LogP contribution in [-0.2, 0) is 16.2 Å². The zero-order valence-electron chi connectivity index (χ0n) is 17.5. The lowest BCUT2D eigenvalue weighted by molar-refractivity contribution is -0.117. The number of hydrogen-bond acceptors (Lipinski definition) is 3. The van der Waals surface area contributed by atoms with Gasteiger partial charge in [0.05, 0.1) is 5.69 Å². The molecule has 0 aliphatic carbocycles. The van der Waals surface area contributed by atoms with E-state index in [2.05, 4.69) is 39.6 Å². The minimum absolute atomic E-state index is 0.0481. The molecule has 2 amide bonds. The van der Waals surface area contributed by atoms with Gasteiger partial charge >= 0.3 is 0 Å². The van der Waals surface area contributed by atoms with E-state index in [-0.39, 0.29) is 5.57 Å². The van der Waals surface area contributed by atoms with Crippen molar-refractivity contribution >= 4 is 50.3 Å². The van der Waals surface area contributed by atoms with Crippen molar-refractivity contribution in [3.05, 3.63) is 112 Å². The first kappa shape index (κ1) is 21.0. The third-order valence-corrected chi connectivity index (χ3v) is 5.93. The molecule has 1 saturated heterocycles. The van der Waals surface area contributed by atoms with Crippen molar-refractivity contribution in [2.75, 3.05) is 5.01 Å². The highest BCUT2D eigenvalue weighted by atomic mass is 79.9. The van der Waals surface area contributed by atoms with Crippen molar-refractivity contribution in [3.63, 3.8) is 0 Å². The molecule has 0 radical (unpaired) electrons. The molecule has 1 aliphatic rings. The average molecular weight is 499 g/mol. The average Bonchev–Trinajstić information content (AvgIpc) is 3.12. The molecule has 0 saturated carbocycles. The van der Waals surface area contributed by atoms with Gasteiger partial charge in [0.1, 0.15) is 17.9 Å². The van der Waals surface area contributed by atoms with Gasteiger partial charge < -0.3 is 4.74 Å². The summed E-state index contributed by atoms with van der Waals surface area (Å²) >= 11 is 3.47. The Kier molecular flexibility index (Phi) is 5.67. The number of benzene rings is 4. The third kappa shape index (κ3) is 4.25. The van der Waals surface area contributed by atoms with Gasteiger partial charge in [-0.15, -0.1) is 0 Å². The number of fused-ring (bicyclic) bond motifs is 1. The molecule has 5 nitrogen and oxygen atoms in total. The van der Waals surface area contributed by atoms with Gasteiger partial charge in [-0.3, -0.25) is 15.0 Å². The quantitative estimate of drug-likeness (QED) is 0.286. The topological polar surface area (TPSA) is 58.6 Å². The van der Waals surface area contributed by atoms with Gasteiger partial charge in [-0.1, -0.05) is 76.6 Å². The molecule has 1 heterocycles. The fraction of sp³-hybridized carbons (Fsp3) is 0.0370. The number of halogens is 1. The van der Waals surface area contributed by atoms with Crippen molar-refractivity contribution in [1.82, 2.24) is 5.43 Å². The standard InChI is InChI=1S/C27H19BrN2O3/c28-21-13-14-25(33-17-19-9-6-8-18-7-4-5-12-23(18)19)20(15-21)16-24-26(31)29-30(27(24)32)22-10-2-1-3-11-22/h1-16H,17H2,(H,29,31)/b24-16+. The van der Waals surface area contributed by atoms with E-state index in [9.17, 15) is 9.59 Å². The molecule has 0 spiro atoms. The SMILES string of the molecule is O=C1NN(c2ccccc2)C(=O)/C1=C/c1cc(Br)ccc1OCc1cccc2ccccc12. The van der Waals surface area contributed by atoms with Gasteiger partial charge in [0.2, 0.25) is 0 Å². The van der Waals surface area contributed by atoms with Crippen LogP contribution in [0.15, 0.2) is 101 Å². The summed E-state index contributed by atoms with van der Waals surface area (Å²) in [6.45, 7) is 0.357. The molecule has 0 unspecified atom stereocenters. The van der Waals surface area contributed by atoms with Crippen LogP contribution >= 0.6 is 15.9 Å². The second-order valence-corrected chi connectivity index (χ2v) is 8.50. The normalized spacial score (nSPS) is 14.7. The van der Waals surface area contributed by atoms with Gasteiger partial charge in [0.15, 0.2) is 0 Å². The number of hydrazine groups is 1. The summed E-state index contributed by atoms with van der Waals surface area (Å²) in [5.41, 5.74) is 4.96. The maximum absolute atomic E-state index is 13.0. The fourth-order valence-electron chi connectivity index (χ4n) is 3.81. The highest BCUT2D eigenvalue weighted by Gasteiger charge is 2.34.